The molecular formula is C8H9Cl2N3O2S. The van der Waals surface area contributed by atoms with E-state index < -0.39 is 0 Å². The number of nitrogens with two attached hydrogens (primary N) is 1. The molecule has 0 aromatic carbocycles. The van der Waals surface area contributed by atoms with Crippen molar-refractivity contribution >= 4 is 46.3 Å². The molecule has 0 saturated carbocycles. The standard InChI is InChI=1S/C8H9Cl2N3O2S/c9-5-3-4(7(10)16-5)8(14)12-2-1-6(11)13-15/h3,15H,1-2H2,(H2,11,13)(H,12,14). The maximum absolute atomic E-state index is 11.6. The summed E-state index contributed by atoms with van der Waals surface area (Å²) < 4.78 is 0.790. The third-order valence-corrected chi connectivity index (χ3v) is 3.18. The lowest BCUT2D eigenvalue weighted by atomic mass is 10.3. The number of hydrogen-bond acceptors (Lipinski definition) is 4. The van der Waals surface area contributed by atoms with Crippen molar-refractivity contribution in [2.75, 3.05) is 6.54 Å². The van der Waals surface area contributed by atoms with Gasteiger partial charge in [-0.15, -0.1) is 11.3 Å². The largest absolute Gasteiger partial charge is 0.409 e. The SMILES string of the molecule is N/C(CCNC(=O)c1cc(Cl)sc1Cl)=N/O. The first kappa shape index (κ1) is 13.1. The van der Waals surface area contributed by atoms with Crippen molar-refractivity contribution in [2.24, 2.45) is 10.9 Å². The summed E-state index contributed by atoms with van der Waals surface area (Å²) in [6, 6.07) is 1.49. The number of halogens is 2. The zero-order valence-corrected chi connectivity index (χ0v) is 10.4. The molecule has 0 aliphatic heterocycles. The first-order chi connectivity index (χ1) is 7.54. The molecule has 8 heteroatoms. The van der Waals surface area contributed by atoms with Gasteiger partial charge >= 0.3 is 0 Å². The Bertz CT molecular complexity index is 419. The minimum absolute atomic E-state index is 0.0507. The fraction of sp³-hybridized carbons (Fsp3) is 0.250. The molecule has 0 aliphatic rings. The molecule has 1 amide bonds. The van der Waals surface area contributed by atoms with Crippen LogP contribution < -0.4 is 11.1 Å². The molecule has 4 N–H and O–H groups in total. The topological polar surface area (TPSA) is 87.7 Å². The van der Waals surface area contributed by atoms with Gasteiger partial charge in [0.15, 0.2) is 0 Å². The van der Waals surface area contributed by atoms with E-state index in [9.17, 15) is 4.79 Å². The predicted octanol–water partition coefficient (Wildman–Crippen LogP) is 1.92. The van der Waals surface area contributed by atoms with Crippen molar-refractivity contribution in [3.8, 4) is 0 Å². The molecular weight excluding hydrogens is 273 g/mol. The third kappa shape index (κ3) is 3.55. The van der Waals surface area contributed by atoms with E-state index in [4.69, 9.17) is 34.1 Å². The summed E-state index contributed by atoms with van der Waals surface area (Å²) in [6.45, 7) is 0.262. The third-order valence-electron chi connectivity index (χ3n) is 1.70. The highest BCUT2D eigenvalue weighted by atomic mass is 35.5. The lowest BCUT2D eigenvalue weighted by Crippen LogP contribution is -2.27. The van der Waals surface area contributed by atoms with E-state index >= 15 is 0 Å². The number of nitrogens with one attached hydrogen (secondary N) is 1. The average Bonchev–Trinajstić information content (AvgIpc) is 2.57. The number of amidine groups is 1. The van der Waals surface area contributed by atoms with Crippen LogP contribution in [-0.4, -0.2) is 23.5 Å². The molecule has 0 spiro atoms. The maximum Gasteiger partial charge on any atom is 0.253 e. The molecule has 0 saturated heterocycles. The van der Waals surface area contributed by atoms with Crippen LogP contribution in [0, 0.1) is 0 Å². The van der Waals surface area contributed by atoms with Crippen LogP contribution in [0.2, 0.25) is 8.67 Å². The summed E-state index contributed by atoms with van der Waals surface area (Å²) in [4.78, 5) is 11.6. The summed E-state index contributed by atoms with van der Waals surface area (Å²) in [5.41, 5.74) is 5.57. The van der Waals surface area contributed by atoms with Crippen molar-refractivity contribution in [3.63, 3.8) is 0 Å². The van der Waals surface area contributed by atoms with Crippen LogP contribution in [0.3, 0.4) is 0 Å². The van der Waals surface area contributed by atoms with Gasteiger partial charge < -0.3 is 16.3 Å². The monoisotopic (exact) mass is 281 g/mol. The first-order valence-corrected chi connectivity index (χ1v) is 5.81. The number of hydrogen-bond donors (Lipinski definition) is 3. The molecule has 5 nitrogen and oxygen atoms in total. The second-order valence-corrected chi connectivity index (χ2v) is 5.12. The van der Waals surface area contributed by atoms with Gasteiger partial charge in [0.05, 0.1) is 9.90 Å². The second-order valence-electron chi connectivity index (χ2n) is 2.84. The van der Waals surface area contributed by atoms with Crippen molar-refractivity contribution in [1.29, 1.82) is 0 Å². The van der Waals surface area contributed by atoms with Crippen LogP contribution in [0.25, 0.3) is 0 Å². The Hall–Kier alpha value is -0.980. The van der Waals surface area contributed by atoms with Crippen molar-refractivity contribution < 1.29 is 10.0 Å². The average molecular weight is 282 g/mol. The number of rotatable bonds is 4. The van der Waals surface area contributed by atoms with E-state index in [0.29, 0.717) is 14.2 Å². The fourth-order valence-corrected chi connectivity index (χ4v) is 2.40. The highest BCUT2D eigenvalue weighted by Gasteiger charge is 2.13. The highest BCUT2D eigenvalue weighted by molar-refractivity contribution is 7.20. The van der Waals surface area contributed by atoms with Gasteiger partial charge in [0, 0.05) is 13.0 Å². The van der Waals surface area contributed by atoms with Gasteiger partial charge in [-0.25, -0.2) is 0 Å². The van der Waals surface area contributed by atoms with E-state index in [1.54, 1.807) is 0 Å². The molecule has 0 bridgehead atoms. The van der Waals surface area contributed by atoms with E-state index in [1.807, 2.05) is 0 Å². The predicted molar refractivity (Wildman–Crippen MR) is 64.7 cm³/mol. The Kier molecular flexibility index (Phi) is 4.85. The van der Waals surface area contributed by atoms with E-state index in [-0.39, 0.29) is 24.7 Å². The Balaban J connectivity index is 2.50. The van der Waals surface area contributed by atoms with Gasteiger partial charge in [-0.1, -0.05) is 28.4 Å². The number of thiophene rings is 1. The van der Waals surface area contributed by atoms with Gasteiger partial charge in [0.2, 0.25) is 0 Å². The number of carbonyl (C=O) groups excluding carboxylic acids is 1. The number of amides is 1. The summed E-state index contributed by atoms with van der Waals surface area (Å²) in [6.07, 6.45) is 0.262. The van der Waals surface area contributed by atoms with Crippen LogP contribution in [0.15, 0.2) is 11.2 Å². The Morgan fingerprint density at radius 3 is 2.81 bits per heavy atom. The minimum atomic E-state index is -0.334. The molecule has 0 aliphatic carbocycles. The van der Waals surface area contributed by atoms with Crippen LogP contribution in [-0.2, 0) is 0 Å². The highest BCUT2D eigenvalue weighted by Crippen LogP contribution is 2.30. The smallest absolute Gasteiger partial charge is 0.253 e. The normalized spacial score (nSPS) is 11.5. The quantitative estimate of drug-likeness (QED) is 0.341. The van der Waals surface area contributed by atoms with E-state index in [1.165, 1.54) is 6.07 Å². The zero-order valence-electron chi connectivity index (χ0n) is 8.04. The van der Waals surface area contributed by atoms with Gasteiger partial charge in [0.25, 0.3) is 5.91 Å². The first-order valence-electron chi connectivity index (χ1n) is 4.24. The van der Waals surface area contributed by atoms with Gasteiger partial charge in [0.1, 0.15) is 10.2 Å². The molecule has 0 radical (unpaired) electrons. The molecule has 1 aromatic heterocycles. The number of nitrogens with zero attached hydrogens (tertiary/aromatic N) is 1. The molecule has 0 unspecified atom stereocenters. The van der Waals surface area contributed by atoms with Crippen LogP contribution in [0.5, 0.6) is 0 Å². The van der Waals surface area contributed by atoms with E-state index in [0.717, 1.165) is 11.3 Å². The molecule has 1 rings (SSSR count). The molecule has 16 heavy (non-hydrogen) atoms. The molecule has 1 aromatic rings. The maximum atomic E-state index is 11.6. The molecule has 0 fully saturated rings. The van der Waals surface area contributed by atoms with E-state index in [2.05, 4.69) is 10.5 Å². The van der Waals surface area contributed by atoms with Crippen LogP contribution >= 0.6 is 34.5 Å². The Labute approximate surface area is 106 Å². The summed E-state index contributed by atoms with van der Waals surface area (Å²) in [5, 5.41) is 13.6. The van der Waals surface area contributed by atoms with Gasteiger partial charge in [-0.05, 0) is 6.07 Å². The number of carbonyl (C=O) groups is 1. The van der Waals surface area contributed by atoms with Crippen LogP contribution in [0.4, 0.5) is 0 Å². The molecule has 1 heterocycles. The lowest BCUT2D eigenvalue weighted by Gasteiger charge is -2.02. The van der Waals surface area contributed by atoms with Crippen molar-refractivity contribution in [2.45, 2.75) is 6.42 Å². The van der Waals surface area contributed by atoms with Gasteiger partial charge in [-0.2, -0.15) is 0 Å². The second kappa shape index (κ2) is 5.93. The summed E-state index contributed by atoms with van der Waals surface area (Å²) in [5.74, 6) is -0.284. The lowest BCUT2D eigenvalue weighted by molar-refractivity contribution is 0.0955. The fourth-order valence-electron chi connectivity index (χ4n) is 0.944. The Morgan fingerprint density at radius 2 is 2.31 bits per heavy atom. The number of oxime groups is 1. The van der Waals surface area contributed by atoms with Gasteiger partial charge in [-0.3, -0.25) is 4.79 Å². The summed E-state index contributed by atoms with van der Waals surface area (Å²) >= 11 is 12.6. The van der Waals surface area contributed by atoms with Crippen molar-refractivity contribution in [1.82, 2.24) is 5.32 Å². The zero-order chi connectivity index (χ0) is 12.1. The minimum Gasteiger partial charge on any atom is -0.409 e. The van der Waals surface area contributed by atoms with Crippen LogP contribution in [0.1, 0.15) is 16.8 Å². The molecule has 0 atom stereocenters. The Morgan fingerprint density at radius 1 is 1.62 bits per heavy atom. The summed E-state index contributed by atoms with van der Waals surface area (Å²) in [7, 11) is 0. The molecule has 88 valence electrons. The van der Waals surface area contributed by atoms with Crippen molar-refractivity contribution in [3.05, 3.63) is 20.3 Å².